The fourth-order valence-electron chi connectivity index (χ4n) is 0.450. The van der Waals surface area contributed by atoms with Gasteiger partial charge < -0.3 is 94.8 Å². The smallest absolute Gasteiger partial charge is 0.324 e. The molecule has 0 aromatic heterocycles. The van der Waals surface area contributed by atoms with Gasteiger partial charge in [0.15, 0.2) is 0 Å². The van der Waals surface area contributed by atoms with Crippen LogP contribution >= 0.6 is 25.8 Å². The van der Waals surface area contributed by atoms with Gasteiger partial charge >= 0.3 is 25.8 Å². The van der Waals surface area contributed by atoms with Crippen molar-refractivity contribution in [1.29, 1.82) is 0 Å². The molecule has 0 unspecified atom stereocenters. The Hall–Kier alpha value is 0.734. The van der Waals surface area contributed by atoms with Crippen LogP contribution in [0.5, 0.6) is 0 Å². The van der Waals surface area contributed by atoms with Crippen LogP contribution in [0.25, 0.3) is 0 Å². The number of carbonyl (C=O) groups is 1. The molecule has 0 radical (unpaired) electrons. The van der Waals surface area contributed by atoms with E-state index in [1.165, 1.54) is 0 Å². The maximum Gasteiger partial charge on any atom is 0.324 e. The van der Waals surface area contributed by atoms with Gasteiger partial charge in [-0.3, -0.25) is 0 Å². The first kappa shape index (κ1) is 59.2. The quantitative estimate of drug-likeness (QED) is 0.0789. The van der Waals surface area contributed by atoms with Gasteiger partial charge in [0, 0.05) is 32.7 Å². The number of hydrogen-bond donors (Lipinski definition) is 18. The summed E-state index contributed by atoms with van der Waals surface area (Å²) in [5.41, 5.74) is -2.13. The van der Waals surface area contributed by atoms with E-state index >= 15 is 0 Å². The Labute approximate surface area is 240 Å². The first-order valence-corrected chi connectivity index (χ1v) is 13.2. The topological polar surface area (TPSA) is 381 Å². The molecule has 0 spiro atoms. The molecule has 0 aromatic rings. The Morgan fingerprint density at radius 2 is 0.436 bits per heavy atom. The molecule has 0 bridgehead atoms. The third kappa shape index (κ3) is 68.0. The molecule has 18 N–H and O–H groups in total. The van der Waals surface area contributed by atoms with E-state index in [2.05, 4.69) is 0 Å². The Morgan fingerprint density at radius 3 is 0.436 bits per heavy atom. The van der Waals surface area contributed by atoms with E-state index in [0.717, 1.165) is 0 Å². The van der Waals surface area contributed by atoms with Crippen molar-refractivity contribution in [2.24, 2.45) is 16.2 Å². The summed E-state index contributed by atoms with van der Waals surface area (Å²) >= 11 is 0. The zero-order chi connectivity index (χ0) is 32.6. The Morgan fingerprint density at radius 1 is 0.385 bits per heavy atom. The van der Waals surface area contributed by atoms with Gasteiger partial charge in [0.25, 0.3) is 0 Å². The number of rotatable bonds is 9. The third-order valence-corrected chi connectivity index (χ3v) is 3.44. The number of hydrogen-bond acceptors (Lipinski definition) is 19. The van der Waals surface area contributed by atoms with E-state index < -0.39 is 42.1 Å². The molecule has 0 aliphatic heterocycles. The summed E-state index contributed by atoms with van der Waals surface area (Å²) < 4.78 is 0. The summed E-state index contributed by atoms with van der Waals surface area (Å²) in [7, 11) is -7.86. The van der Waals surface area contributed by atoms with E-state index in [0.29, 0.717) is 0 Å². The van der Waals surface area contributed by atoms with Crippen LogP contribution < -0.4 is 0 Å². The van der Waals surface area contributed by atoms with Crippen molar-refractivity contribution in [2.75, 3.05) is 59.5 Å². The van der Waals surface area contributed by atoms with Crippen LogP contribution in [0.4, 0.5) is 0 Å². The van der Waals surface area contributed by atoms with Crippen LogP contribution in [0.15, 0.2) is 0 Å². The second-order valence-corrected chi connectivity index (χ2v) is 9.27. The molecular formula is C16H47NiO19P3. The standard InChI is InChI=1S/3C5H12O3.CH2O.Ni.3H3O3P/c3*1-5(2-6,3-7)4-8;1-2;;3*1-4(2)3/h3*6-8H,2-4H2,1H3;1H2;;3*1-3H. The summed E-state index contributed by atoms with van der Waals surface area (Å²) in [6.07, 6.45) is 0. The molecule has 0 heterocycles. The molecule has 0 fully saturated rings. The van der Waals surface area contributed by atoms with Crippen LogP contribution in [0.3, 0.4) is 0 Å². The fourth-order valence-corrected chi connectivity index (χ4v) is 0.450. The molecule has 250 valence electrons. The number of aliphatic hydroxyl groups is 9. The van der Waals surface area contributed by atoms with Crippen molar-refractivity contribution >= 4 is 32.6 Å². The summed E-state index contributed by atoms with van der Waals surface area (Å²) in [6, 6.07) is 0. The molecule has 0 aromatic carbocycles. The van der Waals surface area contributed by atoms with Gasteiger partial charge in [-0.15, -0.1) is 0 Å². The Bertz CT molecular complexity index is 328. The summed E-state index contributed by atoms with van der Waals surface area (Å²) in [6.45, 7) is 5.19. The predicted octanol–water partition coefficient (Wildman–Crippen LogP) is -5.71. The van der Waals surface area contributed by atoms with Gasteiger partial charge in [0.1, 0.15) is 6.79 Å². The summed E-state index contributed by atoms with van der Waals surface area (Å²) in [5, 5.41) is 76.2. The van der Waals surface area contributed by atoms with Crippen LogP contribution in [-0.2, 0) is 21.3 Å². The van der Waals surface area contributed by atoms with Crippen LogP contribution in [-0.4, -0.2) is 156 Å². The molecular weight excluding hydrogens is 648 g/mol. The van der Waals surface area contributed by atoms with Crippen LogP contribution in [0.1, 0.15) is 20.8 Å². The zero-order valence-corrected chi connectivity index (χ0v) is 25.4. The van der Waals surface area contributed by atoms with Crippen molar-refractivity contribution < 1.29 is 111 Å². The first-order chi connectivity index (χ1) is 17.2. The second kappa shape index (κ2) is 40.9. The molecule has 0 amide bonds. The fraction of sp³-hybridized carbons (Fsp3) is 0.938. The van der Waals surface area contributed by atoms with Crippen LogP contribution in [0, 0.1) is 16.2 Å². The Kier molecular flexibility index (Phi) is 62.0. The molecule has 0 aliphatic carbocycles. The van der Waals surface area contributed by atoms with Crippen molar-refractivity contribution in [3.63, 3.8) is 0 Å². The number of carbonyl (C=O) groups excluding carboxylic acids is 1. The predicted molar refractivity (Wildman–Crippen MR) is 136 cm³/mol. The minimum atomic E-state index is -2.62. The van der Waals surface area contributed by atoms with Crippen LogP contribution in [0.2, 0.25) is 0 Å². The maximum atomic E-state index is 8.47. The van der Waals surface area contributed by atoms with Gasteiger partial charge in [-0.25, -0.2) is 0 Å². The summed E-state index contributed by atoms with van der Waals surface area (Å²) in [5.74, 6) is 0. The molecule has 23 heteroatoms. The molecule has 0 rings (SSSR count). The normalized spacial score (nSPS) is 10.3. The minimum Gasteiger partial charge on any atom is -0.396 e. The summed E-state index contributed by atoms with van der Waals surface area (Å²) in [4.78, 5) is 73.1. The zero-order valence-electron chi connectivity index (χ0n) is 21.7. The van der Waals surface area contributed by atoms with E-state index in [1.807, 2.05) is 6.79 Å². The molecule has 0 aliphatic rings. The molecule has 0 saturated carbocycles. The second-order valence-electron chi connectivity index (χ2n) is 7.66. The molecule has 0 saturated heterocycles. The van der Waals surface area contributed by atoms with Gasteiger partial charge in [-0.2, -0.15) is 0 Å². The SMILES string of the molecule is C=O.CC(CO)(CO)CO.CC(CO)(CO)CO.CC(CO)(CO)CO.OP(O)O.OP(O)O.OP(O)O.[Ni]. The van der Waals surface area contributed by atoms with Gasteiger partial charge in [-0.1, -0.05) is 20.8 Å². The molecule has 19 nitrogen and oxygen atoms in total. The van der Waals surface area contributed by atoms with Gasteiger partial charge in [0.2, 0.25) is 0 Å². The van der Waals surface area contributed by atoms with E-state index in [4.69, 9.17) is 94.8 Å². The van der Waals surface area contributed by atoms with E-state index in [1.54, 1.807) is 20.8 Å². The van der Waals surface area contributed by atoms with Crippen molar-refractivity contribution in [1.82, 2.24) is 0 Å². The Balaban J connectivity index is -0.0000000497. The van der Waals surface area contributed by atoms with E-state index in [-0.39, 0.29) is 76.0 Å². The maximum absolute atomic E-state index is 8.47. The van der Waals surface area contributed by atoms with Crippen molar-refractivity contribution in [3.05, 3.63) is 0 Å². The monoisotopic (exact) mass is 694 g/mol. The molecule has 0 atom stereocenters. The first-order valence-electron chi connectivity index (χ1n) is 9.62. The largest absolute Gasteiger partial charge is 0.396 e. The van der Waals surface area contributed by atoms with Gasteiger partial charge in [0.05, 0.1) is 59.5 Å². The minimum absolute atomic E-state index is 0. The average molecular weight is 695 g/mol. The van der Waals surface area contributed by atoms with E-state index in [9.17, 15) is 0 Å². The molecule has 39 heavy (non-hydrogen) atoms. The van der Waals surface area contributed by atoms with Gasteiger partial charge in [-0.05, 0) is 0 Å². The number of aliphatic hydroxyl groups excluding tert-OH is 9. The van der Waals surface area contributed by atoms with Crippen molar-refractivity contribution in [3.8, 4) is 0 Å². The van der Waals surface area contributed by atoms with Crippen molar-refractivity contribution in [2.45, 2.75) is 20.8 Å². The third-order valence-electron chi connectivity index (χ3n) is 3.44. The average Bonchev–Trinajstić information content (AvgIpc) is 2.88.